The van der Waals surface area contributed by atoms with Crippen molar-refractivity contribution in [2.75, 3.05) is 28.6 Å². The third kappa shape index (κ3) is 2.44. The lowest BCUT2D eigenvalue weighted by atomic mass is 10.1. The SMILES string of the molecule is Nc1ncc(CN2CCN(C3CC3)c3ccc(F)cc32)s1. The Labute approximate surface area is 127 Å². The lowest BCUT2D eigenvalue weighted by Crippen LogP contribution is -2.41. The molecule has 2 aromatic rings. The molecule has 4 rings (SSSR count). The van der Waals surface area contributed by atoms with Crippen LogP contribution in [0.5, 0.6) is 0 Å². The molecule has 6 heteroatoms. The van der Waals surface area contributed by atoms with Crippen molar-refractivity contribution in [2.24, 2.45) is 0 Å². The Balaban J connectivity index is 1.66. The first-order valence-corrected chi connectivity index (χ1v) is 8.04. The molecule has 0 amide bonds. The van der Waals surface area contributed by atoms with E-state index in [1.54, 1.807) is 12.1 Å². The number of rotatable bonds is 3. The van der Waals surface area contributed by atoms with Crippen LogP contribution in [-0.4, -0.2) is 24.1 Å². The molecule has 1 saturated carbocycles. The molecule has 110 valence electrons. The van der Waals surface area contributed by atoms with Gasteiger partial charge in [0.25, 0.3) is 0 Å². The van der Waals surface area contributed by atoms with Gasteiger partial charge in [0.1, 0.15) is 5.82 Å². The van der Waals surface area contributed by atoms with Crippen LogP contribution in [0.1, 0.15) is 17.7 Å². The molecule has 1 fully saturated rings. The van der Waals surface area contributed by atoms with Gasteiger partial charge in [-0.25, -0.2) is 9.37 Å². The monoisotopic (exact) mass is 304 g/mol. The van der Waals surface area contributed by atoms with Crippen LogP contribution >= 0.6 is 11.3 Å². The fourth-order valence-electron chi connectivity index (χ4n) is 2.98. The van der Waals surface area contributed by atoms with Crippen molar-refractivity contribution in [2.45, 2.75) is 25.4 Å². The highest BCUT2D eigenvalue weighted by Gasteiger charge is 2.34. The zero-order valence-corrected chi connectivity index (χ0v) is 12.4. The summed E-state index contributed by atoms with van der Waals surface area (Å²) in [5.74, 6) is -0.180. The van der Waals surface area contributed by atoms with E-state index < -0.39 is 0 Å². The number of hydrogen-bond donors (Lipinski definition) is 1. The van der Waals surface area contributed by atoms with E-state index >= 15 is 0 Å². The van der Waals surface area contributed by atoms with Gasteiger partial charge in [0.15, 0.2) is 5.13 Å². The van der Waals surface area contributed by atoms with Crippen molar-refractivity contribution in [1.29, 1.82) is 0 Å². The molecule has 2 heterocycles. The van der Waals surface area contributed by atoms with Crippen LogP contribution in [-0.2, 0) is 6.54 Å². The summed E-state index contributed by atoms with van der Waals surface area (Å²) >= 11 is 1.50. The predicted octanol–water partition coefficient (Wildman–Crippen LogP) is 2.85. The highest BCUT2D eigenvalue weighted by atomic mass is 32.1. The van der Waals surface area contributed by atoms with E-state index in [4.69, 9.17) is 5.73 Å². The number of nitrogen functional groups attached to an aromatic ring is 1. The van der Waals surface area contributed by atoms with Gasteiger partial charge in [-0.1, -0.05) is 0 Å². The maximum Gasteiger partial charge on any atom is 0.180 e. The van der Waals surface area contributed by atoms with E-state index in [1.165, 1.54) is 24.2 Å². The number of aromatic nitrogens is 1. The molecule has 0 spiro atoms. The second kappa shape index (κ2) is 4.87. The van der Waals surface area contributed by atoms with Gasteiger partial charge in [-0.2, -0.15) is 0 Å². The minimum Gasteiger partial charge on any atom is -0.375 e. The summed E-state index contributed by atoms with van der Waals surface area (Å²) in [4.78, 5) is 9.86. The van der Waals surface area contributed by atoms with Crippen molar-refractivity contribution in [1.82, 2.24) is 4.98 Å². The molecule has 0 saturated heterocycles. The average Bonchev–Trinajstić information content (AvgIpc) is 3.23. The summed E-state index contributed by atoms with van der Waals surface area (Å²) < 4.78 is 13.7. The van der Waals surface area contributed by atoms with Crippen LogP contribution in [0.2, 0.25) is 0 Å². The summed E-state index contributed by atoms with van der Waals surface area (Å²) in [5.41, 5.74) is 7.83. The Morgan fingerprint density at radius 1 is 1.29 bits per heavy atom. The van der Waals surface area contributed by atoms with E-state index in [0.717, 1.165) is 35.9 Å². The first kappa shape index (κ1) is 12.9. The number of hydrogen-bond acceptors (Lipinski definition) is 5. The number of nitrogens with zero attached hydrogens (tertiary/aromatic N) is 3. The maximum atomic E-state index is 13.7. The van der Waals surface area contributed by atoms with E-state index in [-0.39, 0.29) is 5.82 Å². The van der Waals surface area contributed by atoms with Gasteiger partial charge >= 0.3 is 0 Å². The first-order chi connectivity index (χ1) is 10.2. The van der Waals surface area contributed by atoms with E-state index in [1.807, 2.05) is 12.3 Å². The second-order valence-electron chi connectivity index (χ2n) is 5.64. The van der Waals surface area contributed by atoms with Crippen molar-refractivity contribution in [3.05, 3.63) is 35.1 Å². The van der Waals surface area contributed by atoms with E-state index in [0.29, 0.717) is 11.2 Å². The number of benzene rings is 1. The number of anilines is 3. The smallest absolute Gasteiger partial charge is 0.180 e. The van der Waals surface area contributed by atoms with Gasteiger partial charge in [-0.05, 0) is 31.0 Å². The van der Waals surface area contributed by atoms with Crippen LogP contribution < -0.4 is 15.5 Å². The lowest BCUT2D eigenvalue weighted by molar-refractivity contribution is 0.621. The molecule has 21 heavy (non-hydrogen) atoms. The molecular formula is C15H17FN4S. The van der Waals surface area contributed by atoms with Gasteiger partial charge in [0.2, 0.25) is 0 Å². The number of thiazole rings is 1. The summed E-state index contributed by atoms with van der Waals surface area (Å²) in [5, 5.41) is 0.584. The van der Waals surface area contributed by atoms with Crippen LogP contribution in [0.3, 0.4) is 0 Å². The Bertz CT molecular complexity index is 667. The minimum absolute atomic E-state index is 0.180. The van der Waals surface area contributed by atoms with Crippen LogP contribution in [0.4, 0.5) is 20.9 Å². The van der Waals surface area contributed by atoms with Crippen LogP contribution in [0, 0.1) is 5.82 Å². The molecule has 1 aromatic heterocycles. The topological polar surface area (TPSA) is 45.4 Å². The number of nitrogens with two attached hydrogens (primary N) is 1. The Hall–Kier alpha value is -1.82. The molecule has 4 nitrogen and oxygen atoms in total. The zero-order chi connectivity index (χ0) is 14.4. The standard InChI is InChI=1S/C15H17FN4S/c16-10-1-4-13-14(7-10)19(5-6-20(13)11-2-3-11)9-12-8-18-15(17)21-12/h1,4,7-8,11H,2-3,5-6,9H2,(H2,17,18). The summed E-state index contributed by atoms with van der Waals surface area (Å²) in [6.07, 6.45) is 4.32. The molecule has 0 bridgehead atoms. The molecule has 1 aliphatic carbocycles. The van der Waals surface area contributed by atoms with Gasteiger partial charge in [-0.3, -0.25) is 0 Å². The van der Waals surface area contributed by atoms with Gasteiger partial charge in [0.05, 0.1) is 17.9 Å². The molecule has 2 aliphatic rings. The molecule has 0 radical (unpaired) electrons. The zero-order valence-electron chi connectivity index (χ0n) is 11.6. The summed E-state index contributed by atoms with van der Waals surface area (Å²) in [6, 6.07) is 5.77. The second-order valence-corrected chi connectivity index (χ2v) is 6.79. The Kier molecular flexibility index (Phi) is 2.99. The number of halogens is 1. The molecule has 1 aliphatic heterocycles. The van der Waals surface area contributed by atoms with Gasteiger partial charge in [-0.15, -0.1) is 11.3 Å². The summed E-state index contributed by atoms with van der Waals surface area (Å²) in [7, 11) is 0. The first-order valence-electron chi connectivity index (χ1n) is 7.22. The minimum atomic E-state index is -0.180. The van der Waals surface area contributed by atoms with Crippen molar-refractivity contribution < 1.29 is 4.39 Å². The summed E-state index contributed by atoms with van der Waals surface area (Å²) in [6.45, 7) is 2.65. The molecule has 0 unspecified atom stereocenters. The molecule has 0 atom stereocenters. The number of fused-ring (bicyclic) bond motifs is 1. The normalized spacial score (nSPS) is 18.0. The van der Waals surface area contributed by atoms with E-state index in [2.05, 4.69) is 14.8 Å². The van der Waals surface area contributed by atoms with Crippen molar-refractivity contribution >= 4 is 27.8 Å². The maximum absolute atomic E-state index is 13.7. The van der Waals surface area contributed by atoms with Gasteiger partial charge < -0.3 is 15.5 Å². The lowest BCUT2D eigenvalue weighted by Gasteiger charge is -2.39. The van der Waals surface area contributed by atoms with Crippen LogP contribution in [0.15, 0.2) is 24.4 Å². The van der Waals surface area contributed by atoms with Crippen LogP contribution in [0.25, 0.3) is 0 Å². The Morgan fingerprint density at radius 3 is 2.86 bits per heavy atom. The van der Waals surface area contributed by atoms with Crippen molar-refractivity contribution in [3.63, 3.8) is 0 Å². The third-order valence-electron chi connectivity index (χ3n) is 4.10. The largest absolute Gasteiger partial charge is 0.375 e. The fourth-order valence-corrected chi connectivity index (χ4v) is 3.68. The van der Waals surface area contributed by atoms with Crippen molar-refractivity contribution in [3.8, 4) is 0 Å². The molecular weight excluding hydrogens is 287 g/mol. The highest BCUT2D eigenvalue weighted by molar-refractivity contribution is 7.15. The third-order valence-corrected chi connectivity index (χ3v) is 4.92. The van der Waals surface area contributed by atoms with Gasteiger partial charge in [0, 0.05) is 30.2 Å². The molecule has 1 aromatic carbocycles. The van der Waals surface area contributed by atoms with E-state index in [9.17, 15) is 4.39 Å². The quantitative estimate of drug-likeness (QED) is 0.947. The highest BCUT2D eigenvalue weighted by Crippen LogP contribution is 2.41. The predicted molar refractivity (Wildman–Crippen MR) is 84.3 cm³/mol. The fraction of sp³-hybridized carbons (Fsp3) is 0.400. The molecule has 2 N–H and O–H groups in total. The average molecular weight is 304 g/mol. The Morgan fingerprint density at radius 2 is 2.14 bits per heavy atom.